The number of urea groups is 1. The van der Waals surface area contributed by atoms with Crippen LogP contribution in [0.4, 0.5) is 10.5 Å². The van der Waals surface area contributed by atoms with Gasteiger partial charge in [0.15, 0.2) is 5.76 Å². The minimum atomic E-state index is -0.310. The average Bonchev–Trinajstić information content (AvgIpc) is 3.04. The Morgan fingerprint density at radius 1 is 1.09 bits per heavy atom. The number of carbonyl (C=O) groups is 1. The molecule has 0 fully saturated rings. The van der Waals surface area contributed by atoms with E-state index >= 15 is 0 Å². The smallest absolute Gasteiger partial charge is 0.319 e. The largest absolute Gasteiger partial charge is 0.356 e. The van der Waals surface area contributed by atoms with Crippen LogP contribution in [-0.2, 0) is 6.54 Å². The van der Waals surface area contributed by atoms with Gasteiger partial charge in [-0.05, 0) is 12.1 Å². The Kier molecular flexibility index (Phi) is 4.10. The van der Waals surface area contributed by atoms with E-state index in [0.717, 1.165) is 5.56 Å². The fourth-order valence-electron chi connectivity index (χ4n) is 1.91. The second kappa shape index (κ2) is 6.53. The molecule has 2 N–H and O–H groups in total. The Morgan fingerprint density at radius 3 is 2.64 bits per heavy atom. The summed E-state index contributed by atoms with van der Waals surface area (Å²) in [5, 5.41) is 9.37. The number of pyridine rings is 1. The summed E-state index contributed by atoms with van der Waals surface area (Å²) in [6.45, 7) is 0.285. The molecular formula is C16H14N4O2. The zero-order valence-electron chi connectivity index (χ0n) is 11.7. The summed E-state index contributed by atoms with van der Waals surface area (Å²) in [5.74, 6) is 0.673. The van der Waals surface area contributed by atoms with E-state index in [-0.39, 0.29) is 12.6 Å². The van der Waals surface area contributed by atoms with Crippen LogP contribution in [0.5, 0.6) is 0 Å². The summed E-state index contributed by atoms with van der Waals surface area (Å²) in [7, 11) is 0. The van der Waals surface area contributed by atoms with Crippen molar-refractivity contribution in [1.29, 1.82) is 0 Å². The van der Waals surface area contributed by atoms with Gasteiger partial charge in [-0.15, -0.1) is 0 Å². The lowest BCUT2D eigenvalue weighted by atomic mass is 10.2. The lowest BCUT2D eigenvalue weighted by molar-refractivity contribution is 0.251. The van der Waals surface area contributed by atoms with Gasteiger partial charge in [-0.25, -0.2) is 4.79 Å². The first-order valence-corrected chi connectivity index (χ1v) is 6.77. The van der Waals surface area contributed by atoms with Crippen molar-refractivity contribution in [2.45, 2.75) is 6.54 Å². The molecule has 2 aromatic heterocycles. The quantitative estimate of drug-likeness (QED) is 0.775. The normalized spacial score (nSPS) is 10.2. The predicted octanol–water partition coefficient (Wildman–Crippen LogP) is 3.06. The number of hydrogen-bond acceptors (Lipinski definition) is 4. The van der Waals surface area contributed by atoms with E-state index in [2.05, 4.69) is 20.8 Å². The van der Waals surface area contributed by atoms with E-state index < -0.39 is 0 Å². The van der Waals surface area contributed by atoms with Gasteiger partial charge in [-0.1, -0.05) is 35.5 Å². The third-order valence-corrected chi connectivity index (χ3v) is 2.99. The van der Waals surface area contributed by atoms with E-state index in [9.17, 15) is 4.79 Å². The zero-order valence-corrected chi connectivity index (χ0v) is 11.7. The molecule has 0 aliphatic heterocycles. The lowest BCUT2D eigenvalue weighted by Crippen LogP contribution is -2.28. The number of nitrogens with zero attached hydrogens (tertiary/aromatic N) is 2. The second-order valence-electron chi connectivity index (χ2n) is 4.59. The number of carbonyl (C=O) groups excluding carboxylic acids is 1. The van der Waals surface area contributed by atoms with E-state index in [0.29, 0.717) is 17.1 Å². The van der Waals surface area contributed by atoms with Crippen molar-refractivity contribution in [1.82, 2.24) is 15.5 Å². The van der Waals surface area contributed by atoms with E-state index in [1.807, 2.05) is 36.4 Å². The second-order valence-corrected chi connectivity index (χ2v) is 4.59. The molecule has 2 amide bonds. The molecule has 0 saturated heterocycles. The van der Waals surface area contributed by atoms with Gasteiger partial charge in [0.2, 0.25) is 0 Å². The van der Waals surface area contributed by atoms with Gasteiger partial charge >= 0.3 is 6.03 Å². The maximum Gasteiger partial charge on any atom is 0.319 e. The number of aromatic nitrogens is 2. The highest BCUT2D eigenvalue weighted by molar-refractivity contribution is 5.88. The summed E-state index contributed by atoms with van der Waals surface area (Å²) in [5.41, 5.74) is 2.28. The maximum absolute atomic E-state index is 11.8. The molecule has 0 radical (unpaired) electrons. The summed E-state index contributed by atoms with van der Waals surface area (Å²) in [6, 6.07) is 14.6. The minimum Gasteiger partial charge on any atom is -0.356 e. The van der Waals surface area contributed by atoms with Gasteiger partial charge in [-0.2, -0.15) is 0 Å². The topological polar surface area (TPSA) is 80.0 Å². The van der Waals surface area contributed by atoms with Crippen molar-refractivity contribution in [2.24, 2.45) is 0 Å². The summed E-state index contributed by atoms with van der Waals surface area (Å²) in [6.07, 6.45) is 3.22. The van der Waals surface area contributed by atoms with E-state index in [1.54, 1.807) is 24.5 Å². The molecule has 1 aromatic carbocycles. The van der Waals surface area contributed by atoms with Crippen LogP contribution in [0.25, 0.3) is 11.3 Å². The van der Waals surface area contributed by atoms with Crippen LogP contribution in [0, 0.1) is 0 Å². The number of nitrogens with one attached hydrogen (secondary N) is 2. The first-order chi connectivity index (χ1) is 10.8. The highest BCUT2D eigenvalue weighted by atomic mass is 16.5. The van der Waals surface area contributed by atoms with Crippen molar-refractivity contribution in [2.75, 3.05) is 5.32 Å². The molecule has 3 aromatic rings. The molecule has 0 aliphatic carbocycles. The van der Waals surface area contributed by atoms with Gasteiger partial charge in [0.25, 0.3) is 0 Å². The Morgan fingerprint density at radius 2 is 1.86 bits per heavy atom. The molecule has 22 heavy (non-hydrogen) atoms. The molecule has 2 heterocycles. The van der Waals surface area contributed by atoms with Crippen LogP contribution in [0.2, 0.25) is 0 Å². The molecule has 6 heteroatoms. The Labute approximate surface area is 127 Å². The Bertz CT molecular complexity index is 741. The number of amides is 2. The first-order valence-electron chi connectivity index (χ1n) is 6.77. The Balaban J connectivity index is 1.56. The van der Waals surface area contributed by atoms with E-state index in [4.69, 9.17) is 4.52 Å². The van der Waals surface area contributed by atoms with Crippen LogP contribution in [0.1, 0.15) is 5.69 Å². The summed E-state index contributed by atoms with van der Waals surface area (Å²) < 4.78 is 5.27. The number of hydrogen-bond donors (Lipinski definition) is 2. The number of benzene rings is 1. The van der Waals surface area contributed by atoms with Crippen LogP contribution in [-0.4, -0.2) is 16.2 Å². The molecule has 0 atom stereocenters. The highest BCUT2D eigenvalue weighted by Gasteiger charge is 2.07. The number of rotatable bonds is 4. The molecule has 0 aliphatic rings. The monoisotopic (exact) mass is 294 g/mol. The SMILES string of the molecule is O=C(NCc1cc(-c2ccccc2)on1)Nc1ccncc1. The van der Waals surface area contributed by atoms with Crippen molar-refractivity contribution < 1.29 is 9.32 Å². The van der Waals surface area contributed by atoms with Gasteiger partial charge in [-0.3, -0.25) is 4.98 Å². The standard InChI is InChI=1S/C16H14N4O2/c21-16(19-13-6-8-17-9-7-13)18-11-14-10-15(22-20-14)12-4-2-1-3-5-12/h1-10H,11H2,(H2,17,18,19,21). The first kappa shape index (κ1) is 13.8. The Hall–Kier alpha value is -3.15. The van der Waals surface area contributed by atoms with Gasteiger partial charge < -0.3 is 15.2 Å². The molecule has 110 valence electrons. The highest BCUT2D eigenvalue weighted by Crippen LogP contribution is 2.19. The zero-order chi connectivity index (χ0) is 15.2. The fraction of sp³-hybridized carbons (Fsp3) is 0.0625. The molecule has 0 spiro atoms. The van der Waals surface area contributed by atoms with Gasteiger partial charge in [0.1, 0.15) is 5.69 Å². The molecule has 3 rings (SSSR count). The molecule has 0 saturated carbocycles. The third-order valence-electron chi connectivity index (χ3n) is 2.99. The summed E-state index contributed by atoms with van der Waals surface area (Å²) in [4.78, 5) is 15.6. The van der Waals surface area contributed by atoms with Gasteiger partial charge in [0.05, 0.1) is 6.54 Å². The molecule has 6 nitrogen and oxygen atoms in total. The molecular weight excluding hydrogens is 280 g/mol. The van der Waals surface area contributed by atoms with Gasteiger partial charge in [0, 0.05) is 29.7 Å². The minimum absolute atomic E-state index is 0.285. The van der Waals surface area contributed by atoms with Crippen molar-refractivity contribution in [3.05, 3.63) is 66.6 Å². The lowest BCUT2D eigenvalue weighted by Gasteiger charge is -2.05. The van der Waals surface area contributed by atoms with Crippen molar-refractivity contribution >= 4 is 11.7 Å². The molecule has 0 unspecified atom stereocenters. The molecule has 0 bridgehead atoms. The fourth-order valence-corrected chi connectivity index (χ4v) is 1.91. The van der Waals surface area contributed by atoms with E-state index in [1.165, 1.54) is 0 Å². The number of anilines is 1. The van der Waals surface area contributed by atoms with Crippen molar-refractivity contribution in [3.63, 3.8) is 0 Å². The van der Waals surface area contributed by atoms with Crippen LogP contribution >= 0.6 is 0 Å². The predicted molar refractivity (Wildman–Crippen MR) is 82.0 cm³/mol. The van der Waals surface area contributed by atoms with Crippen LogP contribution in [0.3, 0.4) is 0 Å². The summed E-state index contributed by atoms with van der Waals surface area (Å²) >= 11 is 0. The maximum atomic E-state index is 11.8. The van der Waals surface area contributed by atoms with Crippen LogP contribution in [0.15, 0.2) is 65.4 Å². The third kappa shape index (κ3) is 3.49. The average molecular weight is 294 g/mol. The van der Waals surface area contributed by atoms with Crippen LogP contribution < -0.4 is 10.6 Å². The van der Waals surface area contributed by atoms with Crippen molar-refractivity contribution in [3.8, 4) is 11.3 Å².